The Bertz CT molecular complexity index is 643. The SMILES string of the molecule is C[C@@]1(O)[C@H](O)[C@@H](CO)O[C@H]1n1cnc2cnc(N)nc21. The predicted molar refractivity (Wildman–Crippen MR) is 67.4 cm³/mol. The van der Waals surface area contributed by atoms with Crippen LogP contribution in [-0.2, 0) is 4.74 Å². The van der Waals surface area contributed by atoms with E-state index in [9.17, 15) is 15.3 Å². The van der Waals surface area contributed by atoms with Crippen molar-refractivity contribution in [3.63, 3.8) is 0 Å². The van der Waals surface area contributed by atoms with Crippen LogP contribution in [0.4, 0.5) is 5.95 Å². The summed E-state index contributed by atoms with van der Waals surface area (Å²) in [6, 6.07) is 0. The van der Waals surface area contributed by atoms with Crippen molar-refractivity contribution in [3.05, 3.63) is 12.5 Å². The number of nitrogens with zero attached hydrogens (tertiary/aromatic N) is 4. The molecule has 20 heavy (non-hydrogen) atoms. The number of anilines is 1. The van der Waals surface area contributed by atoms with E-state index < -0.39 is 30.6 Å². The van der Waals surface area contributed by atoms with Crippen LogP contribution in [0.2, 0.25) is 0 Å². The third-order valence-corrected chi connectivity index (χ3v) is 3.52. The zero-order chi connectivity index (χ0) is 14.5. The fourth-order valence-corrected chi connectivity index (χ4v) is 2.40. The van der Waals surface area contributed by atoms with Gasteiger partial charge in [-0.05, 0) is 6.92 Å². The van der Waals surface area contributed by atoms with Crippen LogP contribution in [-0.4, -0.2) is 59.3 Å². The second-order valence-electron chi connectivity index (χ2n) is 4.97. The number of aliphatic hydroxyl groups excluding tert-OH is 2. The summed E-state index contributed by atoms with van der Waals surface area (Å²) in [6.07, 6.45) is -0.169. The molecule has 2 aromatic rings. The van der Waals surface area contributed by atoms with Crippen LogP contribution in [0, 0.1) is 0 Å². The average Bonchev–Trinajstić information content (AvgIpc) is 2.90. The Morgan fingerprint density at radius 2 is 2.25 bits per heavy atom. The molecule has 0 amide bonds. The monoisotopic (exact) mass is 281 g/mol. The molecule has 1 aliphatic rings. The second kappa shape index (κ2) is 4.35. The average molecular weight is 281 g/mol. The van der Waals surface area contributed by atoms with E-state index in [-0.39, 0.29) is 5.95 Å². The lowest BCUT2D eigenvalue weighted by Gasteiger charge is -2.27. The maximum Gasteiger partial charge on any atom is 0.222 e. The lowest BCUT2D eigenvalue weighted by molar-refractivity contribution is -0.0950. The van der Waals surface area contributed by atoms with Gasteiger partial charge in [0.25, 0.3) is 0 Å². The molecule has 0 saturated carbocycles. The highest BCUT2D eigenvalue weighted by Gasteiger charge is 2.53. The molecule has 0 spiro atoms. The highest BCUT2D eigenvalue weighted by atomic mass is 16.6. The molecule has 108 valence electrons. The maximum atomic E-state index is 10.4. The molecular weight excluding hydrogens is 266 g/mol. The number of nitrogens with two attached hydrogens (primary N) is 1. The standard InChI is InChI=1S/C11H15N5O4/c1-11(19)7(18)6(3-17)20-9(11)16-4-14-5-2-13-10(12)15-8(5)16/h2,4,6-7,9,17-19H,3H2,1H3,(H2,12,13,15)/t6-,7-,9-,11-/m1/s1. The summed E-state index contributed by atoms with van der Waals surface area (Å²) in [5.41, 5.74) is 4.82. The smallest absolute Gasteiger partial charge is 0.222 e. The van der Waals surface area contributed by atoms with Crippen molar-refractivity contribution in [2.45, 2.75) is 31.0 Å². The number of aromatic nitrogens is 4. The van der Waals surface area contributed by atoms with Crippen molar-refractivity contribution in [2.24, 2.45) is 0 Å². The Morgan fingerprint density at radius 3 is 2.90 bits per heavy atom. The Kier molecular flexibility index (Phi) is 2.87. The van der Waals surface area contributed by atoms with Crippen molar-refractivity contribution in [1.82, 2.24) is 19.5 Å². The van der Waals surface area contributed by atoms with Crippen LogP contribution in [0.3, 0.4) is 0 Å². The molecule has 0 unspecified atom stereocenters. The molecule has 1 saturated heterocycles. The van der Waals surface area contributed by atoms with Crippen LogP contribution in [0.25, 0.3) is 11.2 Å². The molecule has 1 aliphatic heterocycles. The van der Waals surface area contributed by atoms with Gasteiger partial charge in [-0.25, -0.2) is 9.97 Å². The molecule has 0 aromatic carbocycles. The number of hydrogen-bond acceptors (Lipinski definition) is 8. The molecule has 9 heteroatoms. The van der Waals surface area contributed by atoms with Gasteiger partial charge in [-0.1, -0.05) is 0 Å². The lowest BCUT2D eigenvalue weighted by atomic mass is 9.96. The molecule has 3 rings (SSSR count). The minimum atomic E-state index is -1.60. The maximum absolute atomic E-state index is 10.4. The number of imidazole rings is 1. The molecule has 9 nitrogen and oxygen atoms in total. The Morgan fingerprint density at radius 1 is 1.50 bits per heavy atom. The van der Waals surface area contributed by atoms with Gasteiger partial charge < -0.3 is 25.8 Å². The first-order valence-electron chi connectivity index (χ1n) is 6.07. The van der Waals surface area contributed by atoms with Crippen molar-refractivity contribution in [1.29, 1.82) is 0 Å². The number of rotatable bonds is 2. The van der Waals surface area contributed by atoms with E-state index in [0.717, 1.165) is 0 Å². The second-order valence-corrected chi connectivity index (χ2v) is 4.97. The quantitative estimate of drug-likeness (QED) is 0.516. The van der Waals surface area contributed by atoms with Gasteiger partial charge in [0.15, 0.2) is 11.9 Å². The predicted octanol–water partition coefficient (Wildman–Crippen LogP) is -1.59. The number of hydrogen-bond donors (Lipinski definition) is 4. The summed E-state index contributed by atoms with van der Waals surface area (Å²) in [7, 11) is 0. The highest BCUT2D eigenvalue weighted by molar-refractivity contribution is 5.70. The highest BCUT2D eigenvalue weighted by Crippen LogP contribution is 2.39. The van der Waals surface area contributed by atoms with Crippen LogP contribution < -0.4 is 5.73 Å². The molecule has 2 aromatic heterocycles. The van der Waals surface area contributed by atoms with E-state index in [0.29, 0.717) is 11.2 Å². The van der Waals surface area contributed by atoms with Crippen molar-refractivity contribution < 1.29 is 20.1 Å². The van der Waals surface area contributed by atoms with Gasteiger partial charge in [-0.15, -0.1) is 0 Å². The van der Waals surface area contributed by atoms with Crippen molar-refractivity contribution in [3.8, 4) is 0 Å². The van der Waals surface area contributed by atoms with Gasteiger partial charge >= 0.3 is 0 Å². The summed E-state index contributed by atoms with van der Waals surface area (Å²) in [5, 5.41) is 29.6. The van der Waals surface area contributed by atoms with E-state index >= 15 is 0 Å². The molecule has 3 heterocycles. The summed E-state index contributed by atoms with van der Waals surface area (Å²) >= 11 is 0. The summed E-state index contributed by atoms with van der Waals surface area (Å²) in [5.74, 6) is 0.0659. The summed E-state index contributed by atoms with van der Waals surface area (Å²) < 4.78 is 6.97. The van der Waals surface area contributed by atoms with Gasteiger partial charge in [0.05, 0.1) is 19.1 Å². The van der Waals surface area contributed by atoms with E-state index in [2.05, 4.69) is 15.0 Å². The van der Waals surface area contributed by atoms with Gasteiger partial charge in [0.2, 0.25) is 5.95 Å². The van der Waals surface area contributed by atoms with Crippen LogP contribution >= 0.6 is 0 Å². The van der Waals surface area contributed by atoms with E-state index in [1.165, 1.54) is 24.0 Å². The number of fused-ring (bicyclic) bond motifs is 1. The summed E-state index contributed by atoms with van der Waals surface area (Å²) in [6.45, 7) is 1.02. The first kappa shape index (κ1) is 13.2. The largest absolute Gasteiger partial charge is 0.394 e. The Labute approximate surface area is 113 Å². The van der Waals surface area contributed by atoms with E-state index in [1.54, 1.807) is 0 Å². The normalized spacial score (nSPS) is 33.9. The minimum absolute atomic E-state index is 0.0659. The third-order valence-electron chi connectivity index (χ3n) is 3.52. The number of aliphatic hydroxyl groups is 3. The first-order chi connectivity index (χ1) is 9.45. The van der Waals surface area contributed by atoms with Crippen LogP contribution in [0.15, 0.2) is 12.5 Å². The van der Waals surface area contributed by atoms with Gasteiger partial charge in [0.1, 0.15) is 23.3 Å². The topological polar surface area (TPSA) is 140 Å². The Hall–Kier alpha value is -1.81. The zero-order valence-corrected chi connectivity index (χ0v) is 10.7. The number of nitrogen functional groups attached to an aromatic ring is 1. The third kappa shape index (κ3) is 1.75. The Balaban J connectivity index is 2.09. The van der Waals surface area contributed by atoms with Gasteiger partial charge in [-0.2, -0.15) is 4.98 Å². The molecule has 0 radical (unpaired) electrons. The van der Waals surface area contributed by atoms with Crippen LogP contribution in [0.1, 0.15) is 13.2 Å². The molecule has 4 atom stereocenters. The molecule has 5 N–H and O–H groups in total. The fraction of sp³-hybridized carbons (Fsp3) is 0.545. The van der Waals surface area contributed by atoms with Crippen LogP contribution in [0.5, 0.6) is 0 Å². The molecule has 0 aliphatic carbocycles. The molecule has 0 bridgehead atoms. The minimum Gasteiger partial charge on any atom is -0.394 e. The molecule has 1 fully saturated rings. The van der Waals surface area contributed by atoms with Gasteiger partial charge in [0, 0.05) is 0 Å². The summed E-state index contributed by atoms with van der Waals surface area (Å²) in [4.78, 5) is 12.0. The van der Waals surface area contributed by atoms with E-state index in [1.807, 2.05) is 0 Å². The van der Waals surface area contributed by atoms with Gasteiger partial charge in [-0.3, -0.25) is 4.57 Å². The van der Waals surface area contributed by atoms with E-state index in [4.69, 9.17) is 10.5 Å². The van der Waals surface area contributed by atoms with Crippen molar-refractivity contribution >= 4 is 17.1 Å². The van der Waals surface area contributed by atoms with Crippen molar-refractivity contribution in [2.75, 3.05) is 12.3 Å². The fourth-order valence-electron chi connectivity index (χ4n) is 2.40. The first-order valence-corrected chi connectivity index (χ1v) is 6.07. The molecular formula is C11H15N5O4. The number of ether oxygens (including phenoxy) is 1. The zero-order valence-electron chi connectivity index (χ0n) is 10.7. The lowest BCUT2D eigenvalue weighted by Crippen LogP contribution is -2.44.